The fraction of sp³-hybridized carbons (Fsp3) is 0.818. The third-order valence-corrected chi connectivity index (χ3v) is 2.55. The number of hydrogen-bond donors (Lipinski definition) is 2. The van der Waals surface area contributed by atoms with Crippen molar-refractivity contribution in [1.82, 2.24) is 5.32 Å². The fourth-order valence-electron chi connectivity index (χ4n) is 1.35. The Kier molecular flexibility index (Phi) is 7.30. The lowest BCUT2D eigenvalue weighted by molar-refractivity contribution is -0.121. The van der Waals surface area contributed by atoms with Gasteiger partial charge in [-0.3, -0.25) is 4.79 Å². The van der Waals surface area contributed by atoms with Crippen LogP contribution in [0, 0.1) is 5.92 Å². The number of amides is 1. The van der Waals surface area contributed by atoms with E-state index in [-0.39, 0.29) is 17.9 Å². The molecule has 0 spiro atoms. The van der Waals surface area contributed by atoms with Crippen LogP contribution in [-0.4, -0.2) is 16.9 Å². The van der Waals surface area contributed by atoms with E-state index in [4.69, 9.17) is 18.0 Å². The number of nitrogens with one attached hydrogen (secondary N) is 1. The van der Waals surface area contributed by atoms with Crippen LogP contribution in [0.4, 0.5) is 0 Å². The van der Waals surface area contributed by atoms with Gasteiger partial charge in [0.2, 0.25) is 5.91 Å². The number of nitrogens with two attached hydrogens (primary N) is 1. The minimum atomic E-state index is -0.172. The van der Waals surface area contributed by atoms with Crippen molar-refractivity contribution in [3.8, 4) is 0 Å². The molecule has 0 aliphatic carbocycles. The Balaban J connectivity index is 3.95. The van der Waals surface area contributed by atoms with Crippen molar-refractivity contribution in [3.05, 3.63) is 0 Å². The molecule has 3 nitrogen and oxygen atoms in total. The molecule has 15 heavy (non-hydrogen) atoms. The zero-order valence-electron chi connectivity index (χ0n) is 9.88. The second kappa shape index (κ2) is 7.63. The van der Waals surface area contributed by atoms with Crippen LogP contribution in [0.15, 0.2) is 0 Å². The first-order chi connectivity index (χ1) is 6.99. The predicted octanol–water partition coefficient (Wildman–Crippen LogP) is 1.99. The summed E-state index contributed by atoms with van der Waals surface area (Å²) in [5.41, 5.74) is 5.56. The largest absolute Gasteiger partial charge is 0.392 e. The van der Waals surface area contributed by atoms with Gasteiger partial charge in [0.25, 0.3) is 0 Å². The standard InChI is InChI=1S/C11H22N2OS/c1-4-5-6-7-9(14)13-10(8(2)3)11(12)15/h8,10H,4-7H2,1-3H3,(H2,12,15)(H,13,14). The molecule has 0 saturated heterocycles. The summed E-state index contributed by atoms with van der Waals surface area (Å²) >= 11 is 4.91. The molecule has 0 rings (SSSR count). The molecule has 1 unspecified atom stereocenters. The summed E-state index contributed by atoms with van der Waals surface area (Å²) in [6, 6.07) is -0.172. The van der Waals surface area contributed by atoms with E-state index in [1.54, 1.807) is 0 Å². The molecular formula is C11H22N2OS. The summed E-state index contributed by atoms with van der Waals surface area (Å²) in [5.74, 6) is 0.299. The van der Waals surface area contributed by atoms with Crippen LogP contribution in [0.1, 0.15) is 46.5 Å². The fourth-order valence-corrected chi connectivity index (χ4v) is 1.68. The van der Waals surface area contributed by atoms with Gasteiger partial charge in [-0.05, 0) is 12.3 Å². The average molecular weight is 230 g/mol. The highest BCUT2D eigenvalue weighted by Crippen LogP contribution is 2.04. The zero-order valence-corrected chi connectivity index (χ0v) is 10.7. The molecule has 0 bridgehead atoms. The highest BCUT2D eigenvalue weighted by Gasteiger charge is 2.18. The molecule has 0 saturated carbocycles. The molecule has 88 valence electrons. The summed E-state index contributed by atoms with van der Waals surface area (Å²) in [5, 5.41) is 2.87. The molecule has 0 aliphatic heterocycles. The summed E-state index contributed by atoms with van der Waals surface area (Å²) in [4.78, 5) is 11.9. The number of carbonyl (C=O) groups excluding carboxylic acids is 1. The molecule has 0 heterocycles. The Hall–Kier alpha value is -0.640. The Labute approximate surface area is 97.8 Å². The second-order valence-corrected chi connectivity index (χ2v) is 4.62. The summed E-state index contributed by atoms with van der Waals surface area (Å²) in [7, 11) is 0. The van der Waals surface area contributed by atoms with Gasteiger partial charge in [-0.25, -0.2) is 0 Å². The van der Waals surface area contributed by atoms with Crippen molar-refractivity contribution in [2.75, 3.05) is 0 Å². The maximum absolute atomic E-state index is 11.5. The third kappa shape index (κ3) is 6.44. The smallest absolute Gasteiger partial charge is 0.220 e. The van der Waals surface area contributed by atoms with E-state index in [1.807, 2.05) is 13.8 Å². The van der Waals surface area contributed by atoms with E-state index in [0.29, 0.717) is 11.4 Å². The number of hydrogen-bond acceptors (Lipinski definition) is 2. The molecule has 3 N–H and O–H groups in total. The highest BCUT2D eigenvalue weighted by atomic mass is 32.1. The average Bonchev–Trinajstić information content (AvgIpc) is 2.13. The molecular weight excluding hydrogens is 208 g/mol. The molecule has 1 amide bonds. The molecule has 0 aromatic carbocycles. The van der Waals surface area contributed by atoms with Gasteiger partial charge in [0.15, 0.2) is 0 Å². The minimum absolute atomic E-state index is 0.0509. The monoisotopic (exact) mass is 230 g/mol. The van der Waals surface area contributed by atoms with E-state index in [2.05, 4.69) is 12.2 Å². The maximum Gasteiger partial charge on any atom is 0.220 e. The van der Waals surface area contributed by atoms with Crippen LogP contribution >= 0.6 is 12.2 Å². The normalized spacial score (nSPS) is 12.5. The van der Waals surface area contributed by atoms with Gasteiger partial charge in [-0.1, -0.05) is 45.8 Å². The first-order valence-electron chi connectivity index (χ1n) is 5.57. The lowest BCUT2D eigenvalue weighted by atomic mass is 10.0. The van der Waals surface area contributed by atoms with Gasteiger partial charge in [0.1, 0.15) is 0 Å². The lowest BCUT2D eigenvalue weighted by Gasteiger charge is -2.20. The van der Waals surface area contributed by atoms with Crippen molar-refractivity contribution >= 4 is 23.1 Å². The van der Waals surface area contributed by atoms with E-state index in [0.717, 1.165) is 19.3 Å². The third-order valence-electron chi connectivity index (χ3n) is 2.30. The van der Waals surface area contributed by atoms with Gasteiger partial charge in [0.05, 0.1) is 11.0 Å². The van der Waals surface area contributed by atoms with Gasteiger partial charge in [0, 0.05) is 6.42 Å². The topological polar surface area (TPSA) is 55.1 Å². The Morgan fingerprint density at radius 3 is 2.40 bits per heavy atom. The SMILES string of the molecule is CCCCCC(=O)NC(C(N)=S)C(C)C. The van der Waals surface area contributed by atoms with E-state index in [9.17, 15) is 4.79 Å². The van der Waals surface area contributed by atoms with Crippen LogP contribution in [0.25, 0.3) is 0 Å². The molecule has 0 fully saturated rings. The Bertz CT molecular complexity index is 217. The number of unbranched alkanes of at least 4 members (excludes halogenated alkanes) is 2. The van der Waals surface area contributed by atoms with E-state index >= 15 is 0 Å². The Morgan fingerprint density at radius 1 is 1.40 bits per heavy atom. The van der Waals surface area contributed by atoms with Gasteiger partial charge < -0.3 is 11.1 Å². The van der Waals surface area contributed by atoms with Crippen molar-refractivity contribution < 1.29 is 4.79 Å². The van der Waals surface area contributed by atoms with Crippen LogP contribution in [0.5, 0.6) is 0 Å². The maximum atomic E-state index is 11.5. The van der Waals surface area contributed by atoms with Crippen molar-refractivity contribution in [3.63, 3.8) is 0 Å². The van der Waals surface area contributed by atoms with E-state index < -0.39 is 0 Å². The molecule has 0 radical (unpaired) electrons. The van der Waals surface area contributed by atoms with Crippen LogP contribution in [0.2, 0.25) is 0 Å². The second-order valence-electron chi connectivity index (χ2n) is 4.15. The number of carbonyl (C=O) groups is 1. The van der Waals surface area contributed by atoms with Gasteiger partial charge >= 0.3 is 0 Å². The first-order valence-corrected chi connectivity index (χ1v) is 5.98. The molecule has 0 aliphatic rings. The predicted molar refractivity (Wildman–Crippen MR) is 67.7 cm³/mol. The Morgan fingerprint density at radius 2 is 2.00 bits per heavy atom. The lowest BCUT2D eigenvalue weighted by Crippen LogP contribution is -2.46. The molecule has 0 aromatic heterocycles. The van der Waals surface area contributed by atoms with Crippen molar-refractivity contribution in [2.45, 2.75) is 52.5 Å². The first kappa shape index (κ1) is 14.4. The van der Waals surface area contributed by atoms with Gasteiger partial charge in [-0.15, -0.1) is 0 Å². The van der Waals surface area contributed by atoms with Gasteiger partial charge in [-0.2, -0.15) is 0 Å². The van der Waals surface area contributed by atoms with E-state index in [1.165, 1.54) is 0 Å². The summed E-state index contributed by atoms with van der Waals surface area (Å²) in [6.45, 7) is 6.11. The van der Waals surface area contributed by atoms with Crippen LogP contribution in [0.3, 0.4) is 0 Å². The molecule has 4 heteroatoms. The zero-order chi connectivity index (χ0) is 11.8. The molecule has 0 aromatic rings. The molecule has 1 atom stereocenters. The van der Waals surface area contributed by atoms with Crippen molar-refractivity contribution in [2.24, 2.45) is 11.7 Å². The highest BCUT2D eigenvalue weighted by molar-refractivity contribution is 7.80. The number of thiocarbonyl (C=S) groups is 1. The van der Waals surface area contributed by atoms with Crippen LogP contribution in [-0.2, 0) is 4.79 Å². The number of rotatable bonds is 7. The quantitative estimate of drug-likeness (QED) is 0.519. The van der Waals surface area contributed by atoms with Crippen molar-refractivity contribution in [1.29, 1.82) is 0 Å². The summed E-state index contributed by atoms with van der Waals surface area (Å²) < 4.78 is 0. The summed E-state index contributed by atoms with van der Waals surface area (Å²) in [6.07, 6.45) is 3.72. The minimum Gasteiger partial charge on any atom is -0.392 e. The van der Waals surface area contributed by atoms with Crippen LogP contribution < -0.4 is 11.1 Å².